The highest BCUT2D eigenvalue weighted by molar-refractivity contribution is 5.88. The Hall–Kier alpha value is -2.57. The second-order valence-corrected chi connectivity index (χ2v) is 6.41. The van der Waals surface area contributed by atoms with E-state index in [-0.39, 0.29) is 12.1 Å². The third-order valence-electron chi connectivity index (χ3n) is 4.61. The van der Waals surface area contributed by atoms with Crippen LogP contribution in [0.3, 0.4) is 0 Å². The fourth-order valence-corrected chi connectivity index (χ4v) is 3.20. The van der Waals surface area contributed by atoms with Gasteiger partial charge in [-0.3, -0.25) is 10.3 Å². The van der Waals surface area contributed by atoms with Crippen molar-refractivity contribution in [2.24, 2.45) is 0 Å². The van der Waals surface area contributed by atoms with Gasteiger partial charge in [0.2, 0.25) is 0 Å². The maximum Gasteiger partial charge on any atom is 0.323 e. The second-order valence-electron chi connectivity index (χ2n) is 6.41. The molecule has 0 unspecified atom stereocenters. The number of hydrogen-bond donors (Lipinski definition) is 1. The molecule has 3 heterocycles. The molecular weight excluding hydrogens is 316 g/mol. The van der Waals surface area contributed by atoms with Gasteiger partial charge in [0.15, 0.2) is 0 Å². The maximum atomic E-state index is 12.6. The molecule has 2 aromatic heterocycles. The summed E-state index contributed by atoms with van der Waals surface area (Å²) in [5.74, 6) is 0.764. The SMILES string of the molecule is CCC[C@@H](C)n1nccc1NC(=O)N1CCN(c2cccnc2)CC1. The van der Waals surface area contributed by atoms with Crippen molar-refractivity contribution >= 4 is 17.5 Å². The number of rotatable bonds is 5. The van der Waals surface area contributed by atoms with Crippen molar-refractivity contribution in [1.29, 1.82) is 0 Å². The van der Waals surface area contributed by atoms with Crippen molar-refractivity contribution in [2.45, 2.75) is 32.7 Å². The smallest absolute Gasteiger partial charge is 0.323 e. The van der Waals surface area contributed by atoms with Crippen LogP contribution in [0.4, 0.5) is 16.3 Å². The van der Waals surface area contributed by atoms with Crippen LogP contribution < -0.4 is 10.2 Å². The van der Waals surface area contributed by atoms with Gasteiger partial charge in [0.1, 0.15) is 5.82 Å². The number of anilines is 2. The minimum absolute atomic E-state index is 0.0590. The van der Waals surface area contributed by atoms with E-state index in [0.29, 0.717) is 13.1 Å². The zero-order valence-corrected chi connectivity index (χ0v) is 14.9. The Kier molecular flexibility index (Phi) is 5.53. The van der Waals surface area contributed by atoms with Gasteiger partial charge >= 0.3 is 6.03 Å². The first-order valence-corrected chi connectivity index (χ1v) is 8.93. The van der Waals surface area contributed by atoms with Crippen molar-refractivity contribution in [3.05, 3.63) is 36.8 Å². The number of pyridine rings is 1. The Morgan fingerprint density at radius 1 is 1.24 bits per heavy atom. The fourth-order valence-electron chi connectivity index (χ4n) is 3.20. The lowest BCUT2D eigenvalue weighted by atomic mass is 10.2. The molecule has 0 radical (unpaired) electrons. The summed E-state index contributed by atoms with van der Waals surface area (Å²) in [7, 11) is 0. The average Bonchev–Trinajstić information content (AvgIpc) is 3.11. The molecule has 7 nitrogen and oxygen atoms in total. The van der Waals surface area contributed by atoms with Crippen molar-refractivity contribution in [3.8, 4) is 0 Å². The van der Waals surface area contributed by atoms with E-state index < -0.39 is 0 Å². The van der Waals surface area contributed by atoms with Gasteiger partial charge in [0, 0.05) is 38.4 Å². The first kappa shape index (κ1) is 17.3. The van der Waals surface area contributed by atoms with Gasteiger partial charge in [-0.05, 0) is 25.5 Å². The van der Waals surface area contributed by atoms with Gasteiger partial charge in [-0.15, -0.1) is 0 Å². The number of carbonyl (C=O) groups excluding carboxylic acids is 1. The van der Waals surface area contributed by atoms with Crippen LogP contribution in [0, 0.1) is 0 Å². The molecule has 0 spiro atoms. The largest absolute Gasteiger partial charge is 0.367 e. The Bertz CT molecular complexity index is 678. The Labute approximate surface area is 148 Å². The van der Waals surface area contributed by atoms with Crippen LogP contribution in [0.25, 0.3) is 0 Å². The molecule has 1 saturated heterocycles. The standard InChI is InChI=1S/C18H26N6O/c1-3-5-15(2)24-17(7-9-20-24)21-18(25)23-12-10-22(11-13-23)16-6-4-8-19-14-16/h4,6-9,14-15H,3,5,10-13H2,1-2H3,(H,21,25)/t15-/m1/s1. The van der Waals surface area contributed by atoms with Crippen molar-refractivity contribution in [2.75, 3.05) is 36.4 Å². The minimum Gasteiger partial charge on any atom is -0.367 e. The summed E-state index contributed by atoms with van der Waals surface area (Å²) in [6.07, 6.45) is 7.50. The molecule has 0 aliphatic carbocycles. The van der Waals surface area contributed by atoms with Gasteiger partial charge in [-0.25, -0.2) is 9.48 Å². The number of amides is 2. The Balaban J connectivity index is 1.56. The van der Waals surface area contributed by atoms with E-state index in [4.69, 9.17) is 0 Å². The average molecular weight is 342 g/mol. The van der Waals surface area contributed by atoms with Crippen LogP contribution in [-0.2, 0) is 0 Å². The summed E-state index contributed by atoms with van der Waals surface area (Å²) in [6.45, 7) is 7.28. The summed E-state index contributed by atoms with van der Waals surface area (Å²) >= 11 is 0. The molecule has 1 fully saturated rings. The van der Waals surface area contributed by atoms with E-state index in [9.17, 15) is 4.79 Å². The lowest BCUT2D eigenvalue weighted by Gasteiger charge is -2.35. The molecule has 1 N–H and O–H groups in total. The molecular formula is C18H26N6O. The third-order valence-corrected chi connectivity index (χ3v) is 4.61. The lowest BCUT2D eigenvalue weighted by Crippen LogP contribution is -2.50. The molecule has 0 bridgehead atoms. The summed E-state index contributed by atoms with van der Waals surface area (Å²) in [5, 5.41) is 7.36. The summed E-state index contributed by atoms with van der Waals surface area (Å²) in [5.41, 5.74) is 1.11. The van der Waals surface area contributed by atoms with E-state index >= 15 is 0 Å². The van der Waals surface area contributed by atoms with Crippen LogP contribution in [0.2, 0.25) is 0 Å². The van der Waals surface area contributed by atoms with Crippen molar-refractivity contribution < 1.29 is 4.79 Å². The van der Waals surface area contributed by atoms with Crippen molar-refractivity contribution in [3.63, 3.8) is 0 Å². The minimum atomic E-state index is -0.0590. The number of urea groups is 1. The lowest BCUT2D eigenvalue weighted by molar-refractivity contribution is 0.208. The topological polar surface area (TPSA) is 66.3 Å². The number of nitrogens with zero attached hydrogens (tertiary/aromatic N) is 5. The van der Waals surface area contributed by atoms with Gasteiger partial charge in [-0.1, -0.05) is 13.3 Å². The maximum absolute atomic E-state index is 12.6. The van der Waals surface area contributed by atoms with Gasteiger partial charge in [-0.2, -0.15) is 5.10 Å². The second kappa shape index (κ2) is 8.00. The summed E-state index contributed by atoms with van der Waals surface area (Å²) in [6, 6.07) is 6.06. The number of nitrogens with one attached hydrogen (secondary N) is 1. The van der Waals surface area contributed by atoms with E-state index in [1.54, 1.807) is 12.4 Å². The molecule has 0 aromatic carbocycles. The van der Waals surface area contributed by atoms with Gasteiger partial charge in [0.25, 0.3) is 0 Å². The highest BCUT2D eigenvalue weighted by Crippen LogP contribution is 2.19. The Morgan fingerprint density at radius 3 is 2.72 bits per heavy atom. The first-order chi connectivity index (χ1) is 12.2. The number of piperazine rings is 1. The van der Waals surface area contributed by atoms with Crippen LogP contribution in [0.15, 0.2) is 36.8 Å². The molecule has 2 aromatic rings. The van der Waals surface area contributed by atoms with E-state index in [1.807, 2.05) is 27.9 Å². The molecule has 1 aliphatic rings. The number of carbonyl (C=O) groups is 1. The summed E-state index contributed by atoms with van der Waals surface area (Å²) < 4.78 is 1.90. The van der Waals surface area contributed by atoms with E-state index in [2.05, 4.69) is 40.2 Å². The molecule has 1 aliphatic heterocycles. The van der Waals surface area contributed by atoms with Gasteiger partial charge in [0.05, 0.1) is 24.1 Å². The van der Waals surface area contributed by atoms with E-state index in [1.165, 1.54) is 0 Å². The summed E-state index contributed by atoms with van der Waals surface area (Å²) in [4.78, 5) is 20.9. The molecule has 2 amide bonds. The van der Waals surface area contributed by atoms with E-state index in [0.717, 1.165) is 37.4 Å². The third kappa shape index (κ3) is 4.10. The predicted molar refractivity (Wildman–Crippen MR) is 98.9 cm³/mol. The quantitative estimate of drug-likeness (QED) is 0.907. The van der Waals surface area contributed by atoms with Crippen LogP contribution in [0.5, 0.6) is 0 Å². The highest BCUT2D eigenvalue weighted by Gasteiger charge is 2.22. The van der Waals surface area contributed by atoms with Crippen molar-refractivity contribution in [1.82, 2.24) is 19.7 Å². The number of aromatic nitrogens is 3. The fraction of sp³-hybridized carbons (Fsp3) is 0.500. The predicted octanol–water partition coefficient (Wildman–Crippen LogP) is 2.99. The van der Waals surface area contributed by atoms with Crippen LogP contribution >= 0.6 is 0 Å². The molecule has 134 valence electrons. The highest BCUT2D eigenvalue weighted by atomic mass is 16.2. The molecule has 25 heavy (non-hydrogen) atoms. The molecule has 3 rings (SSSR count). The van der Waals surface area contributed by atoms with Gasteiger partial charge < -0.3 is 9.80 Å². The van der Waals surface area contributed by atoms with Crippen LogP contribution in [0.1, 0.15) is 32.7 Å². The Morgan fingerprint density at radius 2 is 2.04 bits per heavy atom. The normalized spacial score (nSPS) is 15.9. The molecule has 1 atom stereocenters. The molecule has 7 heteroatoms. The molecule has 0 saturated carbocycles. The monoisotopic (exact) mass is 342 g/mol. The first-order valence-electron chi connectivity index (χ1n) is 8.93. The van der Waals surface area contributed by atoms with Crippen LogP contribution in [-0.4, -0.2) is 51.9 Å². The zero-order valence-electron chi connectivity index (χ0n) is 14.9. The number of hydrogen-bond acceptors (Lipinski definition) is 4. The zero-order chi connectivity index (χ0) is 17.6.